The molecule has 5 heteroatoms. The minimum atomic E-state index is -0.468. The van der Waals surface area contributed by atoms with Crippen LogP contribution in [0.2, 0.25) is 0 Å². The van der Waals surface area contributed by atoms with Crippen LogP contribution in [0.1, 0.15) is 0 Å². The highest BCUT2D eigenvalue weighted by molar-refractivity contribution is 9.10. The van der Waals surface area contributed by atoms with E-state index in [0.29, 0.717) is 22.4 Å². The van der Waals surface area contributed by atoms with E-state index in [4.69, 9.17) is 14.9 Å². The minimum absolute atomic E-state index is 0.267. The van der Waals surface area contributed by atoms with E-state index in [1.54, 1.807) is 18.2 Å². The number of ether oxygens (including phenoxy) is 1. The summed E-state index contributed by atoms with van der Waals surface area (Å²) < 4.78 is 10.5. The molecule has 2 aromatic rings. The van der Waals surface area contributed by atoms with Gasteiger partial charge in [-0.05, 0) is 34.1 Å². The Bertz CT molecular complexity index is 577. The Labute approximate surface area is 93.8 Å². The number of rotatable bonds is 1. The first-order valence-electron chi connectivity index (χ1n) is 4.19. The van der Waals surface area contributed by atoms with Gasteiger partial charge in [0.2, 0.25) is 0 Å². The standard InChI is InChI=1S/C10H8BrNO3/c1-14-9-6-4-5(12)2-3-7(6)15-10(13)8(9)11/h2-4H,12H2,1H3. The first-order valence-corrected chi connectivity index (χ1v) is 4.98. The lowest BCUT2D eigenvalue weighted by Crippen LogP contribution is -2.03. The summed E-state index contributed by atoms with van der Waals surface area (Å²) in [5.74, 6) is 0.438. The highest BCUT2D eigenvalue weighted by Crippen LogP contribution is 2.31. The normalized spacial score (nSPS) is 10.5. The van der Waals surface area contributed by atoms with Gasteiger partial charge in [0.1, 0.15) is 10.1 Å². The third-order valence-corrected chi connectivity index (χ3v) is 2.72. The van der Waals surface area contributed by atoms with E-state index in [9.17, 15) is 4.79 Å². The Hall–Kier alpha value is -1.49. The van der Waals surface area contributed by atoms with Crippen LogP contribution < -0.4 is 16.1 Å². The van der Waals surface area contributed by atoms with Crippen molar-refractivity contribution in [1.82, 2.24) is 0 Å². The average Bonchev–Trinajstić information content (AvgIpc) is 2.21. The molecule has 0 aliphatic rings. The van der Waals surface area contributed by atoms with Crippen molar-refractivity contribution in [3.05, 3.63) is 33.1 Å². The molecule has 0 fully saturated rings. The van der Waals surface area contributed by atoms with Gasteiger partial charge in [-0.2, -0.15) is 0 Å². The highest BCUT2D eigenvalue weighted by atomic mass is 79.9. The van der Waals surface area contributed by atoms with Gasteiger partial charge in [-0.25, -0.2) is 4.79 Å². The molecule has 15 heavy (non-hydrogen) atoms. The lowest BCUT2D eigenvalue weighted by atomic mass is 10.2. The molecule has 4 nitrogen and oxygen atoms in total. The van der Waals surface area contributed by atoms with Crippen molar-refractivity contribution < 1.29 is 9.15 Å². The van der Waals surface area contributed by atoms with Crippen LogP contribution in [-0.4, -0.2) is 7.11 Å². The second-order valence-corrected chi connectivity index (χ2v) is 3.79. The van der Waals surface area contributed by atoms with Crippen LogP contribution in [0.5, 0.6) is 5.75 Å². The van der Waals surface area contributed by atoms with Gasteiger partial charge in [0.05, 0.1) is 12.5 Å². The number of nitrogen functional groups attached to an aromatic ring is 1. The first kappa shape index (κ1) is 10.0. The fourth-order valence-electron chi connectivity index (χ4n) is 1.37. The Morgan fingerprint density at radius 3 is 2.87 bits per heavy atom. The molecule has 78 valence electrons. The molecule has 0 amide bonds. The zero-order valence-corrected chi connectivity index (χ0v) is 9.50. The number of nitrogens with two attached hydrogens (primary N) is 1. The minimum Gasteiger partial charge on any atom is -0.495 e. The fraction of sp³-hybridized carbons (Fsp3) is 0.100. The molecule has 1 aromatic carbocycles. The molecule has 0 bridgehead atoms. The van der Waals surface area contributed by atoms with Crippen molar-refractivity contribution in [2.75, 3.05) is 12.8 Å². The zero-order valence-electron chi connectivity index (χ0n) is 7.91. The topological polar surface area (TPSA) is 65.5 Å². The van der Waals surface area contributed by atoms with Crippen LogP contribution >= 0.6 is 15.9 Å². The molecule has 0 aliphatic carbocycles. The van der Waals surface area contributed by atoms with Gasteiger partial charge in [0.15, 0.2) is 5.75 Å². The summed E-state index contributed by atoms with van der Waals surface area (Å²) in [5.41, 5.74) is 6.21. The highest BCUT2D eigenvalue weighted by Gasteiger charge is 2.12. The zero-order chi connectivity index (χ0) is 11.0. The molecule has 1 heterocycles. The second-order valence-electron chi connectivity index (χ2n) is 2.99. The molecule has 2 N–H and O–H groups in total. The molecule has 0 atom stereocenters. The number of fused-ring (bicyclic) bond motifs is 1. The van der Waals surface area contributed by atoms with Gasteiger partial charge in [-0.1, -0.05) is 0 Å². The van der Waals surface area contributed by atoms with Gasteiger partial charge < -0.3 is 14.9 Å². The molecule has 0 unspecified atom stereocenters. The van der Waals surface area contributed by atoms with E-state index in [0.717, 1.165) is 0 Å². The third-order valence-electron chi connectivity index (χ3n) is 2.03. The summed E-state index contributed by atoms with van der Waals surface area (Å²) in [6.07, 6.45) is 0. The van der Waals surface area contributed by atoms with Gasteiger partial charge >= 0.3 is 5.63 Å². The molecule has 0 saturated carbocycles. The summed E-state index contributed by atoms with van der Waals surface area (Å²) >= 11 is 3.11. The van der Waals surface area contributed by atoms with Gasteiger partial charge in [-0.3, -0.25) is 0 Å². The Morgan fingerprint density at radius 2 is 2.20 bits per heavy atom. The Morgan fingerprint density at radius 1 is 1.47 bits per heavy atom. The van der Waals surface area contributed by atoms with Crippen molar-refractivity contribution >= 4 is 32.6 Å². The predicted octanol–water partition coefficient (Wildman–Crippen LogP) is 2.15. The van der Waals surface area contributed by atoms with E-state index in [1.165, 1.54) is 7.11 Å². The van der Waals surface area contributed by atoms with Crippen LogP contribution in [0.15, 0.2) is 31.9 Å². The van der Waals surface area contributed by atoms with Gasteiger partial charge in [0.25, 0.3) is 0 Å². The van der Waals surface area contributed by atoms with Crippen molar-refractivity contribution in [3.63, 3.8) is 0 Å². The summed E-state index contributed by atoms with van der Waals surface area (Å²) in [6.45, 7) is 0. The predicted molar refractivity (Wildman–Crippen MR) is 61.1 cm³/mol. The molecule has 0 spiro atoms. The molecule has 2 rings (SSSR count). The van der Waals surface area contributed by atoms with Crippen LogP contribution in [0.4, 0.5) is 5.69 Å². The van der Waals surface area contributed by atoms with E-state index in [1.807, 2.05) is 0 Å². The third kappa shape index (κ3) is 1.59. The van der Waals surface area contributed by atoms with Crippen molar-refractivity contribution in [2.45, 2.75) is 0 Å². The number of halogens is 1. The molecule has 0 radical (unpaired) electrons. The first-order chi connectivity index (χ1) is 7.13. The van der Waals surface area contributed by atoms with E-state index in [2.05, 4.69) is 15.9 Å². The van der Waals surface area contributed by atoms with Gasteiger partial charge in [-0.15, -0.1) is 0 Å². The van der Waals surface area contributed by atoms with E-state index < -0.39 is 5.63 Å². The van der Waals surface area contributed by atoms with Crippen LogP contribution in [0.3, 0.4) is 0 Å². The summed E-state index contributed by atoms with van der Waals surface area (Å²) in [7, 11) is 1.49. The fourth-order valence-corrected chi connectivity index (χ4v) is 1.83. The molecule has 0 aliphatic heterocycles. The number of hydrogen-bond acceptors (Lipinski definition) is 4. The Balaban J connectivity index is 2.95. The molecule has 1 aromatic heterocycles. The lowest BCUT2D eigenvalue weighted by molar-refractivity contribution is 0.409. The largest absolute Gasteiger partial charge is 0.495 e. The molecule has 0 saturated heterocycles. The maximum absolute atomic E-state index is 11.4. The Kier molecular flexibility index (Phi) is 2.40. The monoisotopic (exact) mass is 269 g/mol. The maximum Gasteiger partial charge on any atom is 0.354 e. The second kappa shape index (κ2) is 3.58. The van der Waals surface area contributed by atoms with Crippen LogP contribution in [-0.2, 0) is 0 Å². The lowest BCUT2D eigenvalue weighted by Gasteiger charge is -2.06. The van der Waals surface area contributed by atoms with Crippen LogP contribution in [0, 0.1) is 0 Å². The van der Waals surface area contributed by atoms with Crippen molar-refractivity contribution in [2.24, 2.45) is 0 Å². The summed E-state index contributed by atoms with van der Waals surface area (Å²) in [5, 5.41) is 0.670. The van der Waals surface area contributed by atoms with E-state index >= 15 is 0 Å². The SMILES string of the molecule is COc1c(Br)c(=O)oc2ccc(N)cc12. The number of benzene rings is 1. The molecular formula is C10H8BrNO3. The average molecular weight is 270 g/mol. The maximum atomic E-state index is 11.4. The van der Waals surface area contributed by atoms with Crippen LogP contribution in [0.25, 0.3) is 11.0 Å². The summed E-state index contributed by atoms with van der Waals surface area (Å²) in [6, 6.07) is 5.00. The quantitative estimate of drug-likeness (QED) is 0.637. The van der Waals surface area contributed by atoms with Gasteiger partial charge in [0, 0.05) is 5.69 Å². The smallest absolute Gasteiger partial charge is 0.354 e. The number of hydrogen-bond donors (Lipinski definition) is 1. The number of methoxy groups -OCH3 is 1. The molecular weight excluding hydrogens is 262 g/mol. The van der Waals surface area contributed by atoms with Crippen molar-refractivity contribution in [1.29, 1.82) is 0 Å². The summed E-state index contributed by atoms with van der Waals surface area (Å²) in [4.78, 5) is 11.4. The van der Waals surface area contributed by atoms with Crippen molar-refractivity contribution in [3.8, 4) is 5.75 Å². The van der Waals surface area contributed by atoms with E-state index in [-0.39, 0.29) is 4.47 Å². The number of anilines is 1.